The zero-order chi connectivity index (χ0) is 13.5. The van der Waals surface area contributed by atoms with Crippen molar-refractivity contribution in [2.45, 2.75) is 33.2 Å². The summed E-state index contributed by atoms with van der Waals surface area (Å²) >= 11 is 0. The molecule has 0 fully saturated rings. The van der Waals surface area contributed by atoms with Crippen LogP contribution in [0.25, 0.3) is 11.3 Å². The van der Waals surface area contributed by atoms with E-state index in [4.69, 9.17) is 0 Å². The molecule has 0 aliphatic carbocycles. The van der Waals surface area contributed by atoms with Crippen molar-refractivity contribution in [1.29, 1.82) is 0 Å². The van der Waals surface area contributed by atoms with E-state index in [0.29, 0.717) is 11.3 Å². The van der Waals surface area contributed by atoms with Gasteiger partial charge in [0.1, 0.15) is 11.6 Å². The van der Waals surface area contributed by atoms with Crippen molar-refractivity contribution in [2.24, 2.45) is 0 Å². The van der Waals surface area contributed by atoms with Crippen LogP contribution in [0.1, 0.15) is 26.3 Å². The van der Waals surface area contributed by atoms with Crippen LogP contribution in [-0.2, 0) is 5.54 Å². The minimum atomic E-state index is -0.573. The van der Waals surface area contributed by atoms with Gasteiger partial charge in [-0.05, 0) is 45.4 Å². The van der Waals surface area contributed by atoms with Crippen molar-refractivity contribution < 1.29 is 8.78 Å². The number of benzene rings is 1. The SMILES string of the molecule is Cc1cnn(C(C)(C)C)c1-c1ccc(F)cc1F. The molecule has 0 aliphatic heterocycles. The van der Waals surface area contributed by atoms with E-state index in [1.807, 2.05) is 27.7 Å². The first-order valence-corrected chi connectivity index (χ1v) is 5.81. The molecule has 0 saturated carbocycles. The van der Waals surface area contributed by atoms with E-state index in [0.717, 1.165) is 11.6 Å². The molecule has 0 unspecified atom stereocenters. The molecule has 1 aromatic carbocycles. The number of aryl methyl sites for hydroxylation is 1. The highest BCUT2D eigenvalue weighted by molar-refractivity contribution is 5.64. The molecule has 4 heteroatoms. The summed E-state index contributed by atoms with van der Waals surface area (Å²) in [7, 11) is 0. The molecule has 96 valence electrons. The van der Waals surface area contributed by atoms with Gasteiger partial charge in [-0.15, -0.1) is 0 Å². The van der Waals surface area contributed by atoms with Crippen molar-refractivity contribution in [2.75, 3.05) is 0 Å². The average molecular weight is 250 g/mol. The van der Waals surface area contributed by atoms with E-state index in [1.54, 1.807) is 10.9 Å². The van der Waals surface area contributed by atoms with E-state index in [1.165, 1.54) is 12.1 Å². The Kier molecular flexibility index (Phi) is 2.97. The fourth-order valence-corrected chi connectivity index (χ4v) is 1.95. The van der Waals surface area contributed by atoms with Gasteiger partial charge in [-0.2, -0.15) is 5.10 Å². The van der Waals surface area contributed by atoms with Gasteiger partial charge in [0, 0.05) is 11.6 Å². The number of aromatic nitrogens is 2. The Labute approximate surface area is 105 Å². The van der Waals surface area contributed by atoms with Gasteiger partial charge in [0.2, 0.25) is 0 Å². The fraction of sp³-hybridized carbons (Fsp3) is 0.357. The summed E-state index contributed by atoms with van der Waals surface area (Å²) in [6.45, 7) is 7.84. The molecule has 0 bridgehead atoms. The lowest BCUT2D eigenvalue weighted by atomic mass is 10.0. The van der Waals surface area contributed by atoms with Gasteiger partial charge < -0.3 is 0 Å². The number of halogens is 2. The topological polar surface area (TPSA) is 17.8 Å². The molecule has 0 aliphatic rings. The second-order valence-corrected chi connectivity index (χ2v) is 5.38. The quantitative estimate of drug-likeness (QED) is 0.750. The molecule has 2 nitrogen and oxygen atoms in total. The zero-order valence-corrected chi connectivity index (χ0v) is 11.0. The Bertz CT molecular complexity index is 580. The van der Waals surface area contributed by atoms with Crippen molar-refractivity contribution in [1.82, 2.24) is 9.78 Å². The minimum Gasteiger partial charge on any atom is -0.259 e. The lowest BCUT2D eigenvalue weighted by Crippen LogP contribution is -2.24. The molecule has 0 atom stereocenters. The van der Waals surface area contributed by atoms with Gasteiger partial charge in [0.15, 0.2) is 0 Å². The summed E-state index contributed by atoms with van der Waals surface area (Å²) < 4.78 is 28.6. The first-order valence-electron chi connectivity index (χ1n) is 5.81. The van der Waals surface area contributed by atoms with Gasteiger partial charge in [0.05, 0.1) is 17.4 Å². The summed E-state index contributed by atoms with van der Waals surface area (Å²) in [5.74, 6) is -1.14. The number of hydrogen-bond acceptors (Lipinski definition) is 1. The molecule has 1 heterocycles. The van der Waals surface area contributed by atoms with Gasteiger partial charge >= 0.3 is 0 Å². The highest BCUT2D eigenvalue weighted by Gasteiger charge is 2.22. The van der Waals surface area contributed by atoms with E-state index in [-0.39, 0.29) is 5.54 Å². The van der Waals surface area contributed by atoms with Gasteiger partial charge in [-0.3, -0.25) is 4.68 Å². The van der Waals surface area contributed by atoms with Gasteiger partial charge in [-0.1, -0.05) is 0 Å². The Hall–Kier alpha value is -1.71. The van der Waals surface area contributed by atoms with Crippen LogP contribution in [0.4, 0.5) is 8.78 Å². The summed E-state index contributed by atoms with van der Waals surface area (Å²) in [4.78, 5) is 0. The smallest absolute Gasteiger partial charge is 0.135 e. The summed E-state index contributed by atoms with van der Waals surface area (Å²) in [5, 5.41) is 4.28. The van der Waals surface area contributed by atoms with E-state index >= 15 is 0 Å². The molecule has 0 spiro atoms. The molecule has 0 saturated heterocycles. The van der Waals surface area contributed by atoms with Crippen LogP contribution in [-0.4, -0.2) is 9.78 Å². The van der Waals surface area contributed by atoms with Crippen LogP contribution in [0, 0.1) is 18.6 Å². The van der Waals surface area contributed by atoms with Gasteiger partial charge in [-0.25, -0.2) is 8.78 Å². The highest BCUT2D eigenvalue weighted by atomic mass is 19.1. The van der Waals surface area contributed by atoms with Crippen molar-refractivity contribution in [3.8, 4) is 11.3 Å². The van der Waals surface area contributed by atoms with Crippen LogP contribution in [0.3, 0.4) is 0 Å². The third-order valence-electron chi connectivity index (χ3n) is 2.77. The van der Waals surface area contributed by atoms with Crippen LogP contribution >= 0.6 is 0 Å². The Balaban J connectivity index is 2.67. The largest absolute Gasteiger partial charge is 0.259 e. The Morgan fingerprint density at radius 2 is 1.83 bits per heavy atom. The summed E-state index contributed by atoms with van der Waals surface area (Å²) in [5.41, 5.74) is 1.68. The zero-order valence-electron chi connectivity index (χ0n) is 11.0. The van der Waals surface area contributed by atoms with Crippen molar-refractivity contribution in [3.63, 3.8) is 0 Å². The number of hydrogen-bond donors (Lipinski definition) is 0. The fourth-order valence-electron chi connectivity index (χ4n) is 1.95. The first kappa shape index (κ1) is 12.7. The normalized spacial score (nSPS) is 11.9. The molecular weight excluding hydrogens is 234 g/mol. The molecule has 0 N–H and O–H groups in total. The van der Waals surface area contributed by atoms with Crippen LogP contribution in [0.15, 0.2) is 24.4 Å². The maximum absolute atomic E-state index is 13.9. The van der Waals surface area contributed by atoms with Crippen LogP contribution < -0.4 is 0 Å². The molecule has 1 aromatic heterocycles. The van der Waals surface area contributed by atoms with Gasteiger partial charge in [0.25, 0.3) is 0 Å². The predicted octanol–water partition coefficient (Wildman–Crippen LogP) is 3.89. The summed E-state index contributed by atoms with van der Waals surface area (Å²) in [6.07, 6.45) is 1.70. The lowest BCUT2D eigenvalue weighted by Gasteiger charge is -2.23. The standard InChI is InChI=1S/C14H16F2N2/c1-9-8-17-18(14(2,3)4)13(9)11-6-5-10(15)7-12(11)16/h5-8H,1-4H3. The van der Waals surface area contributed by atoms with Crippen LogP contribution in [0.2, 0.25) is 0 Å². The maximum Gasteiger partial charge on any atom is 0.135 e. The van der Waals surface area contributed by atoms with Crippen molar-refractivity contribution >= 4 is 0 Å². The highest BCUT2D eigenvalue weighted by Crippen LogP contribution is 2.30. The third kappa shape index (κ3) is 2.15. The monoisotopic (exact) mass is 250 g/mol. The molecule has 2 aromatic rings. The maximum atomic E-state index is 13.9. The van der Waals surface area contributed by atoms with E-state index in [9.17, 15) is 8.78 Å². The molecule has 18 heavy (non-hydrogen) atoms. The average Bonchev–Trinajstić information content (AvgIpc) is 2.60. The minimum absolute atomic E-state index is 0.260. The van der Waals surface area contributed by atoms with E-state index < -0.39 is 11.6 Å². The predicted molar refractivity (Wildman–Crippen MR) is 67.3 cm³/mol. The van der Waals surface area contributed by atoms with Crippen molar-refractivity contribution in [3.05, 3.63) is 41.6 Å². The summed E-state index contributed by atoms with van der Waals surface area (Å²) in [6, 6.07) is 3.61. The second-order valence-electron chi connectivity index (χ2n) is 5.38. The Morgan fingerprint density at radius 1 is 1.17 bits per heavy atom. The first-order chi connectivity index (χ1) is 8.30. The molecule has 2 rings (SSSR count). The molecule has 0 amide bonds. The number of nitrogens with zero attached hydrogens (tertiary/aromatic N) is 2. The second kappa shape index (κ2) is 4.19. The van der Waals surface area contributed by atoms with E-state index in [2.05, 4.69) is 5.10 Å². The van der Waals surface area contributed by atoms with Crippen LogP contribution in [0.5, 0.6) is 0 Å². The number of rotatable bonds is 1. The lowest BCUT2D eigenvalue weighted by molar-refractivity contribution is 0.359. The molecule has 0 radical (unpaired) electrons. The molecular formula is C14H16F2N2. The third-order valence-corrected chi connectivity index (χ3v) is 2.77. The Morgan fingerprint density at radius 3 is 2.39 bits per heavy atom.